The van der Waals surface area contributed by atoms with Gasteiger partial charge in [-0.2, -0.15) is 4.98 Å². The number of carbonyl (C=O) groups excluding carboxylic acids is 1. The lowest BCUT2D eigenvalue weighted by Gasteiger charge is -2.06. The van der Waals surface area contributed by atoms with E-state index in [0.717, 1.165) is 17.0 Å². The minimum Gasteiger partial charge on any atom is -0.494 e. The zero-order chi connectivity index (χ0) is 17.5. The second-order valence-corrected chi connectivity index (χ2v) is 5.38. The Balaban J connectivity index is 1.51. The summed E-state index contributed by atoms with van der Waals surface area (Å²) >= 11 is 0. The monoisotopic (exact) mass is 337 g/mol. The Bertz CT molecular complexity index is 813. The molecule has 1 heterocycles. The van der Waals surface area contributed by atoms with E-state index in [9.17, 15) is 4.79 Å². The van der Waals surface area contributed by atoms with Gasteiger partial charge in [0.15, 0.2) is 0 Å². The molecule has 25 heavy (non-hydrogen) atoms. The van der Waals surface area contributed by atoms with Gasteiger partial charge in [0.25, 0.3) is 0 Å². The highest BCUT2D eigenvalue weighted by atomic mass is 16.5. The maximum absolute atomic E-state index is 12.0. The van der Waals surface area contributed by atoms with Gasteiger partial charge in [-0.05, 0) is 31.2 Å². The number of hydrogen-bond donors (Lipinski definition) is 1. The predicted octanol–water partition coefficient (Wildman–Crippen LogP) is 3.71. The molecule has 0 unspecified atom stereocenters. The molecule has 0 spiro atoms. The van der Waals surface area contributed by atoms with Crippen molar-refractivity contribution in [3.05, 3.63) is 60.5 Å². The number of rotatable bonds is 7. The summed E-state index contributed by atoms with van der Waals surface area (Å²) < 4.78 is 10.6. The summed E-state index contributed by atoms with van der Waals surface area (Å²) in [5.74, 6) is 1.65. The van der Waals surface area contributed by atoms with E-state index in [4.69, 9.17) is 9.26 Å². The number of nitrogens with zero attached hydrogens (tertiary/aromatic N) is 2. The fourth-order valence-electron chi connectivity index (χ4n) is 2.31. The lowest BCUT2D eigenvalue weighted by atomic mass is 10.2. The Morgan fingerprint density at radius 1 is 1.12 bits per heavy atom. The maximum Gasteiger partial charge on any atom is 0.227 e. The Morgan fingerprint density at radius 2 is 1.88 bits per heavy atom. The van der Waals surface area contributed by atoms with Crippen LogP contribution in [-0.4, -0.2) is 22.7 Å². The summed E-state index contributed by atoms with van der Waals surface area (Å²) in [5.41, 5.74) is 1.61. The van der Waals surface area contributed by atoms with E-state index < -0.39 is 0 Å². The zero-order valence-electron chi connectivity index (χ0n) is 13.9. The molecule has 0 saturated heterocycles. The molecule has 0 saturated carbocycles. The summed E-state index contributed by atoms with van der Waals surface area (Å²) in [6.07, 6.45) is 0.659. The van der Waals surface area contributed by atoms with E-state index in [0.29, 0.717) is 24.7 Å². The van der Waals surface area contributed by atoms with Crippen molar-refractivity contribution in [2.24, 2.45) is 0 Å². The van der Waals surface area contributed by atoms with Crippen molar-refractivity contribution >= 4 is 11.6 Å². The van der Waals surface area contributed by atoms with Crippen LogP contribution in [0.3, 0.4) is 0 Å². The van der Waals surface area contributed by atoms with Crippen LogP contribution in [0.15, 0.2) is 59.1 Å². The molecule has 0 fully saturated rings. The average molecular weight is 337 g/mol. The van der Waals surface area contributed by atoms with Gasteiger partial charge in [0, 0.05) is 24.1 Å². The fraction of sp³-hybridized carbons (Fsp3) is 0.211. The molecule has 1 amide bonds. The van der Waals surface area contributed by atoms with E-state index in [1.165, 1.54) is 0 Å². The number of benzene rings is 2. The average Bonchev–Trinajstić information content (AvgIpc) is 3.12. The number of nitrogens with one attached hydrogen (secondary N) is 1. The van der Waals surface area contributed by atoms with Crippen molar-refractivity contribution in [1.29, 1.82) is 0 Å². The zero-order valence-corrected chi connectivity index (χ0v) is 13.9. The lowest BCUT2D eigenvalue weighted by molar-refractivity contribution is -0.116. The highest BCUT2D eigenvalue weighted by molar-refractivity contribution is 5.90. The van der Waals surface area contributed by atoms with Crippen LogP contribution in [0, 0.1) is 0 Å². The minimum absolute atomic E-state index is 0.108. The molecule has 0 bridgehead atoms. The number of aryl methyl sites for hydroxylation is 1. The molecule has 128 valence electrons. The Hall–Kier alpha value is -3.15. The van der Waals surface area contributed by atoms with Crippen LogP contribution in [0.4, 0.5) is 5.69 Å². The van der Waals surface area contributed by atoms with E-state index >= 15 is 0 Å². The summed E-state index contributed by atoms with van der Waals surface area (Å²) in [6, 6.07) is 16.8. The first-order chi connectivity index (χ1) is 12.2. The Morgan fingerprint density at radius 3 is 2.60 bits per heavy atom. The predicted molar refractivity (Wildman–Crippen MR) is 94.3 cm³/mol. The van der Waals surface area contributed by atoms with Crippen LogP contribution in [0.1, 0.15) is 19.2 Å². The van der Waals surface area contributed by atoms with Crippen molar-refractivity contribution in [3.63, 3.8) is 0 Å². The van der Waals surface area contributed by atoms with Gasteiger partial charge in [0.2, 0.25) is 17.6 Å². The van der Waals surface area contributed by atoms with Crippen LogP contribution in [0.2, 0.25) is 0 Å². The fourth-order valence-corrected chi connectivity index (χ4v) is 2.31. The number of aromatic nitrogens is 2. The standard InChI is InChI=1S/C19H19N3O3/c1-2-24-16-10-8-15(9-11-16)20-17(23)12-13-18-21-19(22-25-18)14-6-4-3-5-7-14/h3-11H,2,12-13H2,1H3,(H,20,23). The van der Waals surface area contributed by atoms with Crippen molar-refractivity contribution in [3.8, 4) is 17.1 Å². The molecule has 6 heteroatoms. The first-order valence-electron chi connectivity index (χ1n) is 8.15. The number of carbonyl (C=O) groups is 1. The van der Waals surface area contributed by atoms with Gasteiger partial charge in [-0.1, -0.05) is 35.5 Å². The van der Waals surface area contributed by atoms with Crippen LogP contribution in [0.5, 0.6) is 5.75 Å². The molecule has 3 aromatic rings. The highest BCUT2D eigenvalue weighted by Crippen LogP contribution is 2.17. The van der Waals surface area contributed by atoms with Crippen LogP contribution >= 0.6 is 0 Å². The second kappa shape index (κ2) is 8.10. The molecule has 0 aliphatic heterocycles. The normalized spacial score (nSPS) is 10.4. The molecule has 0 radical (unpaired) electrons. The van der Waals surface area contributed by atoms with E-state index in [2.05, 4.69) is 15.5 Å². The van der Waals surface area contributed by atoms with Crippen molar-refractivity contribution in [2.75, 3.05) is 11.9 Å². The minimum atomic E-state index is -0.108. The third kappa shape index (κ3) is 4.67. The maximum atomic E-state index is 12.0. The summed E-state index contributed by atoms with van der Waals surface area (Å²) in [7, 11) is 0. The van der Waals surface area contributed by atoms with Crippen LogP contribution < -0.4 is 10.1 Å². The van der Waals surface area contributed by atoms with E-state index in [1.54, 1.807) is 0 Å². The first-order valence-corrected chi connectivity index (χ1v) is 8.15. The van der Waals surface area contributed by atoms with E-state index in [1.807, 2.05) is 61.5 Å². The van der Waals surface area contributed by atoms with E-state index in [-0.39, 0.29) is 12.3 Å². The number of hydrogen-bond acceptors (Lipinski definition) is 5. The molecule has 1 N–H and O–H groups in total. The molecule has 1 aromatic heterocycles. The van der Waals surface area contributed by atoms with Gasteiger partial charge >= 0.3 is 0 Å². The SMILES string of the molecule is CCOc1ccc(NC(=O)CCc2nc(-c3ccccc3)no2)cc1. The largest absolute Gasteiger partial charge is 0.494 e. The summed E-state index contributed by atoms with van der Waals surface area (Å²) in [5, 5.41) is 6.78. The first kappa shape index (κ1) is 16.7. The molecule has 0 aliphatic carbocycles. The Kier molecular flexibility index (Phi) is 5.41. The van der Waals surface area contributed by atoms with Crippen molar-refractivity contribution in [1.82, 2.24) is 10.1 Å². The quantitative estimate of drug-likeness (QED) is 0.711. The molecule has 0 atom stereocenters. The lowest BCUT2D eigenvalue weighted by Crippen LogP contribution is -2.12. The molecule has 2 aromatic carbocycles. The summed E-state index contributed by atoms with van der Waals surface area (Å²) in [4.78, 5) is 16.4. The second-order valence-electron chi connectivity index (χ2n) is 5.38. The number of anilines is 1. The van der Waals surface area contributed by atoms with Gasteiger partial charge < -0.3 is 14.6 Å². The van der Waals surface area contributed by atoms with Crippen molar-refractivity contribution < 1.29 is 14.1 Å². The molecule has 6 nitrogen and oxygen atoms in total. The third-order valence-electron chi connectivity index (χ3n) is 3.52. The van der Waals surface area contributed by atoms with Gasteiger partial charge in [0.1, 0.15) is 5.75 Å². The van der Waals surface area contributed by atoms with Gasteiger partial charge in [-0.3, -0.25) is 4.79 Å². The summed E-state index contributed by atoms with van der Waals surface area (Å²) in [6.45, 7) is 2.54. The van der Waals surface area contributed by atoms with Crippen LogP contribution in [-0.2, 0) is 11.2 Å². The van der Waals surface area contributed by atoms with Gasteiger partial charge in [-0.25, -0.2) is 0 Å². The number of amides is 1. The van der Waals surface area contributed by atoms with Crippen molar-refractivity contribution in [2.45, 2.75) is 19.8 Å². The van der Waals surface area contributed by atoms with Crippen LogP contribution in [0.25, 0.3) is 11.4 Å². The third-order valence-corrected chi connectivity index (χ3v) is 3.52. The molecular formula is C19H19N3O3. The Labute approximate surface area is 145 Å². The van der Waals surface area contributed by atoms with Gasteiger partial charge in [0.05, 0.1) is 6.61 Å². The molecular weight excluding hydrogens is 318 g/mol. The smallest absolute Gasteiger partial charge is 0.227 e. The highest BCUT2D eigenvalue weighted by Gasteiger charge is 2.10. The molecule has 0 aliphatic rings. The topological polar surface area (TPSA) is 77.2 Å². The van der Waals surface area contributed by atoms with Gasteiger partial charge in [-0.15, -0.1) is 0 Å². The number of ether oxygens (including phenoxy) is 1. The molecule has 3 rings (SSSR count).